The second-order valence-electron chi connectivity index (χ2n) is 6.86. The van der Waals surface area contributed by atoms with Gasteiger partial charge in [0.25, 0.3) is 0 Å². The Morgan fingerprint density at radius 1 is 1.29 bits per heavy atom. The van der Waals surface area contributed by atoms with Gasteiger partial charge in [-0.1, -0.05) is 17.7 Å². The molecule has 1 aromatic carbocycles. The number of oxazole rings is 1. The topological polar surface area (TPSA) is 96.6 Å². The fourth-order valence-electron chi connectivity index (χ4n) is 2.98. The molecule has 1 fully saturated rings. The van der Waals surface area contributed by atoms with Gasteiger partial charge in [0.05, 0.1) is 18.1 Å². The van der Waals surface area contributed by atoms with Crippen molar-refractivity contribution in [3.05, 3.63) is 41.8 Å². The van der Waals surface area contributed by atoms with E-state index in [2.05, 4.69) is 20.6 Å². The molecule has 0 radical (unpaired) electrons. The molecule has 2 aromatic rings. The first-order valence-corrected chi connectivity index (χ1v) is 11.0. The number of hydrogen-bond acceptors (Lipinski definition) is 5. The van der Waals surface area contributed by atoms with Crippen molar-refractivity contribution >= 4 is 39.8 Å². The lowest BCUT2D eigenvalue weighted by Crippen LogP contribution is -2.40. The Hall–Kier alpha value is -1.62. The molecule has 9 heteroatoms. The Labute approximate surface area is 183 Å². The Kier molecular flexibility index (Phi) is 8.29. The Balaban J connectivity index is 0.00000280. The lowest BCUT2D eigenvalue weighted by molar-refractivity contribution is 0.566. The first-order chi connectivity index (χ1) is 12.9. The molecule has 2 heterocycles. The molecule has 1 unspecified atom stereocenters. The zero-order valence-corrected chi connectivity index (χ0v) is 19.3. The summed E-state index contributed by atoms with van der Waals surface area (Å²) >= 11 is 0. The van der Waals surface area contributed by atoms with Crippen LogP contribution in [0.3, 0.4) is 0 Å². The minimum atomic E-state index is -2.86. The van der Waals surface area contributed by atoms with Crippen molar-refractivity contribution in [3.63, 3.8) is 0 Å². The SMILES string of the molecule is CCNC(=NCc1coc(-c2ccc(C)cc2)n1)NCC1CCS(=O)(=O)C1.I. The van der Waals surface area contributed by atoms with E-state index in [1.165, 1.54) is 5.56 Å². The number of halogens is 1. The number of nitrogens with zero attached hydrogens (tertiary/aromatic N) is 2. The predicted molar refractivity (Wildman–Crippen MR) is 122 cm³/mol. The third kappa shape index (κ3) is 6.47. The van der Waals surface area contributed by atoms with Crippen LogP contribution >= 0.6 is 24.0 Å². The fraction of sp³-hybridized carbons (Fsp3) is 0.474. The van der Waals surface area contributed by atoms with Crippen molar-refractivity contribution in [2.75, 3.05) is 24.6 Å². The molecule has 1 aliphatic heterocycles. The zero-order valence-electron chi connectivity index (χ0n) is 16.1. The van der Waals surface area contributed by atoms with Crippen LogP contribution < -0.4 is 10.6 Å². The summed E-state index contributed by atoms with van der Waals surface area (Å²) < 4.78 is 28.7. The number of hydrogen-bond donors (Lipinski definition) is 2. The van der Waals surface area contributed by atoms with E-state index in [9.17, 15) is 8.42 Å². The summed E-state index contributed by atoms with van der Waals surface area (Å²) in [6.45, 7) is 5.73. The fourth-order valence-corrected chi connectivity index (χ4v) is 4.85. The van der Waals surface area contributed by atoms with Gasteiger partial charge in [-0.05, 0) is 38.3 Å². The van der Waals surface area contributed by atoms with Crippen LogP contribution in [0, 0.1) is 12.8 Å². The third-order valence-corrected chi connectivity index (χ3v) is 6.32. The molecule has 0 saturated carbocycles. The average molecular weight is 518 g/mol. The Morgan fingerprint density at radius 2 is 2.04 bits per heavy atom. The van der Waals surface area contributed by atoms with Gasteiger partial charge in [0, 0.05) is 18.7 Å². The van der Waals surface area contributed by atoms with E-state index in [4.69, 9.17) is 4.42 Å². The maximum atomic E-state index is 11.6. The Morgan fingerprint density at radius 3 is 2.68 bits per heavy atom. The zero-order chi connectivity index (χ0) is 19.3. The first-order valence-electron chi connectivity index (χ1n) is 9.19. The van der Waals surface area contributed by atoms with Crippen LogP contribution in [0.5, 0.6) is 0 Å². The molecule has 1 saturated heterocycles. The van der Waals surface area contributed by atoms with Gasteiger partial charge in [-0.2, -0.15) is 0 Å². The number of aliphatic imine (C=N–C) groups is 1. The lowest BCUT2D eigenvalue weighted by atomic mass is 10.1. The first kappa shape index (κ1) is 22.7. The van der Waals surface area contributed by atoms with Crippen molar-refractivity contribution < 1.29 is 12.8 Å². The van der Waals surface area contributed by atoms with Gasteiger partial charge >= 0.3 is 0 Å². The molecule has 0 spiro atoms. The number of benzene rings is 1. The van der Waals surface area contributed by atoms with Gasteiger partial charge in [-0.25, -0.2) is 18.4 Å². The maximum absolute atomic E-state index is 11.6. The molecule has 0 aliphatic carbocycles. The highest BCUT2D eigenvalue weighted by molar-refractivity contribution is 14.0. The molecule has 3 rings (SSSR count). The standard InChI is InChI=1S/C19H26N4O3S.HI/c1-3-20-19(21-10-15-8-9-27(24,25)13-15)22-11-17-12-26-18(23-17)16-6-4-14(2)5-7-16;/h4-7,12,15H,3,8-11,13H2,1-2H3,(H2,20,21,22);1H. The molecule has 7 nitrogen and oxygen atoms in total. The monoisotopic (exact) mass is 518 g/mol. The number of nitrogens with one attached hydrogen (secondary N) is 2. The van der Waals surface area contributed by atoms with Crippen molar-refractivity contribution in [2.45, 2.75) is 26.8 Å². The average Bonchev–Trinajstić information content (AvgIpc) is 3.24. The molecule has 154 valence electrons. The largest absolute Gasteiger partial charge is 0.444 e. The summed E-state index contributed by atoms with van der Waals surface area (Å²) in [4.78, 5) is 9.01. The maximum Gasteiger partial charge on any atom is 0.226 e. The predicted octanol–water partition coefficient (Wildman–Crippen LogP) is 2.76. The quantitative estimate of drug-likeness (QED) is 0.347. The molecule has 2 N–H and O–H groups in total. The minimum absolute atomic E-state index is 0. The smallest absolute Gasteiger partial charge is 0.226 e. The lowest BCUT2D eigenvalue weighted by Gasteiger charge is -2.13. The number of aromatic nitrogens is 1. The molecule has 1 atom stereocenters. The molecule has 1 aliphatic rings. The van der Waals surface area contributed by atoms with Gasteiger partial charge in [0.1, 0.15) is 12.0 Å². The van der Waals surface area contributed by atoms with Gasteiger partial charge in [-0.3, -0.25) is 0 Å². The molecular weight excluding hydrogens is 491 g/mol. The second-order valence-corrected chi connectivity index (χ2v) is 9.08. The third-order valence-electron chi connectivity index (χ3n) is 4.48. The molecule has 28 heavy (non-hydrogen) atoms. The molecule has 0 amide bonds. The molecule has 1 aromatic heterocycles. The summed E-state index contributed by atoms with van der Waals surface area (Å²) in [6, 6.07) is 8.01. The number of rotatable bonds is 6. The number of aryl methyl sites for hydroxylation is 1. The van der Waals surface area contributed by atoms with E-state index in [1.807, 2.05) is 38.1 Å². The van der Waals surface area contributed by atoms with Crippen LogP contribution in [-0.2, 0) is 16.4 Å². The summed E-state index contributed by atoms with van der Waals surface area (Å²) in [5, 5.41) is 6.40. The van der Waals surface area contributed by atoms with Crippen LogP contribution in [0.15, 0.2) is 39.9 Å². The van der Waals surface area contributed by atoms with E-state index in [0.717, 1.165) is 17.8 Å². The van der Waals surface area contributed by atoms with Gasteiger partial charge in [0.15, 0.2) is 15.8 Å². The van der Waals surface area contributed by atoms with Crippen molar-refractivity contribution in [3.8, 4) is 11.5 Å². The van der Waals surface area contributed by atoms with Crippen LogP contribution in [0.2, 0.25) is 0 Å². The normalized spacial score (nSPS) is 18.5. The number of sulfone groups is 1. The van der Waals surface area contributed by atoms with Crippen LogP contribution in [0.1, 0.15) is 24.6 Å². The highest BCUT2D eigenvalue weighted by atomic mass is 127. The van der Waals surface area contributed by atoms with E-state index in [1.54, 1.807) is 6.26 Å². The summed E-state index contributed by atoms with van der Waals surface area (Å²) in [5.74, 6) is 1.91. The highest BCUT2D eigenvalue weighted by Crippen LogP contribution is 2.19. The van der Waals surface area contributed by atoms with Gasteiger partial charge < -0.3 is 15.1 Å². The molecular formula is C19H27IN4O3S. The number of guanidine groups is 1. The summed E-state index contributed by atoms with van der Waals surface area (Å²) in [6.07, 6.45) is 2.32. The second kappa shape index (κ2) is 10.2. The molecule has 0 bridgehead atoms. The van der Waals surface area contributed by atoms with Crippen molar-refractivity contribution in [1.29, 1.82) is 0 Å². The minimum Gasteiger partial charge on any atom is -0.444 e. The summed E-state index contributed by atoms with van der Waals surface area (Å²) in [5.41, 5.74) is 2.86. The van der Waals surface area contributed by atoms with Gasteiger partial charge in [0.2, 0.25) is 5.89 Å². The van der Waals surface area contributed by atoms with E-state index in [0.29, 0.717) is 31.4 Å². The van der Waals surface area contributed by atoms with Gasteiger partial charge in [-0.15, -0.1) is 24.0 Å². The Bertz CT molecular complexity index is 894. The summed E-state index contributed by atoms with van der Waals surface area (Å²) in [7, 11) is -2.86. The van der Waals surface area contributed by atoms with Crippen LogP contribution in [0.4, 0.5) is 0 Å². The van der Waals surface area contributed by atoms with Crippen molar-refractivity contribution in [2.24, 2.45) is 10.9 Å². The van der Waals surface area contributed by atoms with E-state index < -0.39 is 9.84 Å². The highest BCUT2D eigenvalue weighted by Gasteiger charge is 2.27. The van der Waals surface area contributed by atoms with E-state index in [-0.39, 0.29) is 41.4 Å². The van der Waals surface area contributed by atoms with Crippen molar-refractivity contribution in [1.82, 2.24) is 15.6 Å². The van der Waals surface area contributed by atoms with Crippen LogP contribution in [-0.4, -0.2) is 44.0 Å². The van der Waals surface area contributed by atoms with E-state index >= 15 is 0 Å². The van der Waals surface area contributed by atoms with Crippen LogP contribution in [0.25, 0.3) is 11.5 Å².